The smallest absolute Gasteiger partial charge is 1.00 e. The first-order valence-corrected chi connectivity index (χ1v) is 8.69. The normalized spacial score (nSPS) is 12.1. The van der Waals surface area contributed by atoms with Gasteiger partial charge in [0.2, 0.25) is 0 Å². The van der Waals surface area contributed by atoms with Crippen LogP contribution in [-0.4, -0.2) is 4.57 Å². The minimum absolute atomic E-state index is 0. The summed E-state index contributed by atoms with van der Waals surface area (Å²) in [6, 6.07) is 23.6. The maximum atomic E-state index is 3.19. The van der Waals surface area contributed by atoms with Crippen LogP contribution in [0.3, 0.4) is 0 Å². The molecule has 1 heterocycles. The molecule has 0 aliphatic heterocycles. The molecule has 28 heavy (non-hydrogen) atoms. The summed E-state index contributed by atoms with van der Waals surface area (Å²) in [7, 11) is 0. The van der Waals surface area contributed by atoms with Crippen molar-refractivity contribution in [3.05, 3.63) is 96.2 Å². The van der Waals surface area contributed by atoms with Crippen molar-refractivity contribution in [2.75, 3.05) is 0 Å². The number of aromatic nitrogens is 1. The van der Waals surface area contributed by atoms with Crippen molar-refractivity contribution < 1.29 is 51.0 Å². The Morgan fingerprint density at radius 1 is 0.893 bits per heavy atom. The van der Waals surface area contributed by atoms with Crippen molar-refractivity contribution in [2.24, 2.45) is 0 Å². The molecule has 0 amide bonds. The second kappa shape index (κ2) is 10.9. The summed E-state index contributed by atoms with van der Waals surface area (Å²) in [5.74, 6) is 0. The molecule has 4 aromatic rings. The first-order chi connectivity index (χ1) is 12.2. The standard InChI is InChI=1S/C17H12N.C7H9.2ClH.Zr/c1-2-7-15-12-16(11-14(15)6-1)18-10-9-13-5-3-4-8-17(13)18;1-6-4-3-5-7(6)2;;;/h1-12H;4H,3H2,1-2H3;2*1H;/q2*-1;;;+4/p-2. The Morgan fingerprint density at radius 3 is 2.18 bits per heavy atom. The van der Waals surface area contributed by atoms with E-state index in [1.54, 1.807) is 0 Å². The average Bonchev–Trinajstić information content (AvgIpc) is 3.34. The summed E-state index contributed by atoms with van der Waals surface area (Å²) < 4.78 is 2.25. The monoisotopic (exact) mass is 483 g/mol. The number of fused-ring (bicyclic) bond motifs is 2. The van der Waals surface area contributed by atoms with Gasteiger partial charge in [-0.3, -0.25) is 6.08 Å². The van der Waals surface area contributed by atoms with Crippen LogP contribution in [0.15, 0.2) is 90.1 Å². The van der Waals surface area contributed by atoms with Crippen molar-refractivity contribution in [3.63, 3.8) is 0 Å². The van der Waals surface area contributed by atoms with Gasteiger partial charge >= 0.3 is 26.2 Å². The fourth-order valence-corrected chi connectivity index (χ4v) is 3.23. The van der Waals surface area contributed by atoms with Gasteiger partial charge in [0.05, 0.1) is 5.52 Å². The molecule has 0 radical (unpaired) electrons. The quantitative estimate of drug-likeness (QED) is 0.348. The zero-order valence-electron chi connectivity index (χ0n) is 15.9. The molecule has 0 saturated heterocycles. The number of nitrogens with zero attached hydrogens (tertiary/aromatic N) is 1. The number of para-hydroxylation sites is 1. The number of allylic oxidation sites excluding steroid dienone is 4. The van der Waals surface area contributed by atoms with Crippen molar-refractivity contribution >= 4 is 21.7 Å². The molecule has 4 heteroatoms. The van der Waals surface area contributed by atoms with Gasteiger partial charge in [-0.2, -0.15) is 6.08 Å². The van der Waals surface area contributed by atoms with Gasteiger partial charge in [-0.05, 0) is 23.2 Å². The van der Waals surface area contributed by atoms with E-state index in [9.17, 15) is 0 Å². The van der Waals surface area contributed by atoms with E-state index < -0.39 is 0 Å². The summed E-state index contributed by atoms with van der Waals surface area (Å²) in [6.07, 6.45) is 8.55. The molecule has 1 aliphatic rings. The van der Waals surface area contributed by atoms with Crippen molar-refractivity contribution in [3.8, 4) is 5.69 Å². The van der Waals surface area contributed by atoms with Gasteiger partial charge in [-0.1, -0.05) is 31.2 Å². The Bertz CT molecular complexity index is 1050. The molecule has 1 aliphatic carbocycles. The Hall–Kier alpha value is -1.47. The SMILES string of the molecule is CC1=[C-]CC=C1C.[Cl-].[Cl-].[Zr+4].c1ccc2[cH-]c(-n3ccc4ccccc43)cc2c1. The summed E-state index contributed by atoms with van der Waals surface area (Å²) in [5, 5.41) is 3.87. The third-order valence-corrected chi connectivity index (χ3v) is 4.85. The number of rotatable bonds is 1. The van der Waals surface area contributed by atoms with Crippen molar-refractivity contribution in [1.82, 2.24) is 4.57 Å². The summed E-state index contributed by atoms with van der Waals surface area (Å²) in [6.45, 7) is 4.22. The van der Waals surface area contributed by atoms with Gasteiger partial charge in [-0.15, -0.1) is 54.4 Å². The molecule has 0 unspecified atom stereocenters. The average molecular weight is 486 g/mol. The molecule has 5 rings (SSSR count). The molecule has 0 atom stereocenters. The number of benzene rings is 2. The number of hydrogen-bond donors (Lipinski definition) is 0. The van der Waals surface area contributed by atoms with Gasteiger partial charge in [0, 0.05) is 6.20 Å². The maximum Gasteiger partial charge on any atom is 4.00 e. The molecule has 0 bridgehead atoms. The Kier molecular flexibility index (Phi) is 9.57. The van der Waals surface area contributed by atoms with Gasteiger partial charge in [0.25, 0.3) is 0 Å². The topological polar surface area (TPSA) is 4.93 Å². The van der Waals surface area contributed by atoms with Crippen LogP contribution < -0.4 is 24.8 Å². The maximum absolute atomic E-state index is 3.19. The van der Waals surface area contributed by atoms with Crippen LogP contribution in [0.1, 0.15) is 20.3 Å². The van der Waals surface area contributed by atoms with E-state index >= 15 is 0 Å². The Labute approximate surface area is 198 Å². The van der Waals surface area contributed by atoms with Crippen LogP contribution in [0.4, 0.5) is 0 Å². The third kappa shape index (κ3) is 5.12. The first kappa shape index (κ1) is 24.6. The largest absolute Gasteiger partial charge is 4.00 e. The van der Waals surface area contributed by atoms with Crippen LogP contribution in [0, 0.1) is 6.08 Å². The van der Waals surface area contributed by atoms with Crippen molar-refractivity contribution in [1.29, 1.82) is 0 Å². The van der Waals surface area contributed by atoms with E-state index in [0.29, 0.717) is 0 Å². The van der Waals surface area contributed by atoms with Crippen molar-refractivity contribution in [2.45, 2.75) is 20.3 Å². The van der Waals surface area contributed by atoms with Crippen LogP contribution in [-0.2, 0) is 26.2 Å². The molecule has 1 nitrogen and oxygen atoms in total. The van der Waals surface area contributed by atoms with Gasteiger partial charge < -0.3 is 29.4 Å². The molecule has 0 saturated carbocycles. The predicted molar refractivity (Wildman–Crippen MR) is 107 cm³/mol. The fourth-order valence-electron chi connectivity index (χ4n) is 3.23. The van der Waals surface area contributed by atoms with Gasteiger partial charge in [0.15, 0.2) is 0 Å². The second-order valence-corrected chi connectivity index (χ2v) is 6.48. The molecular weight excluding hydrogens is 464 g/mol. The van der Waals surface area contributed by atoms with Crippen LogP contribution in [0.5, 0.6) is 0 Å². The zero-order chi connectivity index (χ0) is 17.2. The third-order valence-electron chi connectivity index (χ3n) is 4.85. The molecule has 0 fully saturated rings. The minimum atomic E-state index is 0. The molecule has 140 valence electrons. The number of halogens is 2. The predicted octanol–water partition coefficient (Wildman–Crippen LogP) is 0.594. The van der Waals surface area contributed by atoms with E-state index in [0.717, 1.165) is 6.42 Å². The van der Waals surface area contributed by atoms with E-state index in [1.165, 1.54) is 38.5 Å². The van der Waals surface area contributed by atoms with E-state index in [-0.39, 0.29) is 51.0 Å². The molecule has 0 spiro atoms. The van der Waals surface area contributed by atoms with E-state index in [1.807, 2.05) is 0 Å². The summed E-state index contributed by atoms with van der Waals surface area (Å²) in [5.41, 5.74) is 5.20. The van der Waals surface area contributed by atoms with E-state index in [4.69, 9.17) is 0 Å². The zero-order valence-corrected chi connectivity index (χ0v) is 19.9. The molecular formula is C24H21Cl2NZr. The molecule has 0 N–H and O–H groups in total. The van der Waals surface area contributed by atoms with Crippen LogP contribution in [0.25, 0.3) is 27.4 Å². The summed E-state index contributed by atoms with van der Waals surface area (Å²) in [4.78, 5) is 0. The fraction of sp³-hybridized carbons (Fsp3) is 0.125. The molecule has 1 aromatic heterocycles. The van der Waals surface area contributed by atoms with Crippen LogP contribution >= 0.6 is 0 Å². The van der Waals surface area contributed by atoms with E-state index in [2.05, 4.69) is 103 Å². The van der Waals surface area contributed by atoms with Crippen LogP contribution in [0.2, 0.25) is 0 Å². The van der Waals surface area contributed by atoms with Gasteiger partial charge in [0.1, 0.15) is 0 Å². The minimum Gasteiger partial charge on any atom is -1.00 e. The summed E-state index contributed by atoms with van der Waals surface area (Å²) >= 11 is 0. The first-order valence-electron chi connectivity index (χ1n) is 8.69. The molecule has 3 aromatic carbocycles. The van der Waals surface area contributed by atoms with Gasteiger partial charge in [-0.25, -0.2) is 11.1 Å². The Balaban J connectivity index is 0.000000341. The Morgan fingerprint density at radius 2 is 1.57 bits per heavy atom. The number of hydrogen-bond acceptors (Lipinski definition) is 0. The second-order valence-electron chi connectivity index (χ2n) is 6.48.